The number of hydrogen-bond acceptors (Lipinski definition) is 7. The first-order valence-corrected chi connectivity index (χ1v) is 12.6. The second-order valence-corrected chi connectivity index (χ2v) is 10.4. The van der Waals surface area contributed by atoms with Gasteiger partial charge in [-0.15, -0.1) is 5.06 Å². The fraction of sp³-hybridized carbons (Fsp3) is 0.400. The van der Waals surface area contributed by atoms with Gasteiger partial charge < -0.3 is 19.0 Å². The van der Waals surface area contributed by atoms with Crippen LogP contribution in [0, 0.1) is 0 Å². The van der Waals surface area contributed by atoms with Crippen LogP contribution in [0.4, 0.5) is 4.79 Å². The minimum absolute atomic E-state index is 0.103. The third-order valence-electron chi connectivity index (χ3n) is 6.38. The highest BCUT2D eigenvalue weighted by Crippen LogP contribution is 2.32. The number of ether oxygens (including phenoxy) is 3. The fourth-order valence-corrected chi connectivity index (χ4v) is 4.55. The normalized spacial score (nSPS) is 18.4. The first-order valence-electron chi connectivity index (χ1n) is 12.6. The van der Waals surface area contributed by atoms with Gasteiger partial charge >= 0.3 is 12.1 Å². The molecule has 4 rings (SSSR count). The van der Waals surface area contributed by atoms with Gasteiger partial charge in [0.05, 0.1) is 32.8 Å². The summed E-state index contributed by atoms with van der Waals surface area (Å²) in [5.41, 5.74) is 2.47. The molecule has 1 fully saturated rings. The zero-order valence-corrected chi connectivity index (χ0v) is 21.9. The lowest BCUT2D eigenvalue weighted by Gasteiger charge is -2.37. The molecule has 0 amide bonds. The molecule has 0 aliphatic carbocycles. The molecular weight excluding hydrogens is 470 g/mol. The lowest BCUT2D eigenvalue weighted by molar-refractivity contribution is -0.179. The number of methoxy groups -OCH3 is 1. The van der Waals surface area contributed by atoms with E-state index in [-0.39, 0.29) is 24.4 Å². The van der Waals surface area contributed by atoms with E-state index in [2.05, 4.69) is 30.3 Å². The van der Waals surface area contributed by atoms with Crippen LogP contribution in [0.1, 0.15) is 49.8 Å². The molecule has 0 bridgehead atoms. The number of fused-ring (bicyclic) bond motifs is 1. The summed E-state index contributed by atoms with van der Waals surface area (Å²) in [6, 6.07) is 22.6. The maximum atomic E-state index is 12.3. The van der Waals surface area contributed by atoms with Crippen LogP contribution < -0.4 is 0 Å². The van der Waals surface area contributed by atoms with E-state index >= 15 is 0 Å². The molecule has 0 radical (unpaired) electrons. The van der Waals surface area contributed by atoms with Gasteiger partial charge in [0.15, 0.2) is 0 Å². The Bertz CT molecular complexity index is 1220. The van der Waals surface area contributed by atoms with Gasteiger partial charge in [0, 0.05) is 12.5 Å². The van der Waals surface area contributed by atoms with Gasteiger partial charge in [-0.25, -0.2) is 4.79 Å². The summed E-state index contributed by atoms with van der Waals surface area (Å²) >= 11 is 0. The third-order valence-corrected chi connectivity index (χ3v) is 6.38. The summed E-state index contributed by atoms with van der Waals surface area (Å²) in [6.45, 7) is 6.83. The summed E-state index contributed by atoms with van der Waals surface area (Å²) in [6.07, 6.45) is 0.0445. The average molecular weight is 506 g/mol. The molecule has 7 nitrogen and oxygen atoms in total. The van der Waals surface area contributed by atoms with E-state index < -0.39 is 11.8 Å². The zero-order valence-electron chi connectivity index (χ0n) is 21.9. The Morgan fingerprint density at radius 1 is 0.946 bits per heavy atom. The van der Waals surface area contributed by atoms with Crippen LogP contribution in [0.15, 0.2) is 66.7 Å². The van der Waals surface area contributed by atoms with Crippen LogP contribution in [0.5, 0.6) is 0 Å². The van der Waals surface area contributed by atoms with Crippen LogP contribution in [-0.2, 0) is 36.9 Å². The van der Waals surface area contributed by atoms with Crippen LogP contribution in [0.25, 0.3) is 10.8 Å². The van der Waals surface area contributed by atoms with Gasteiger partial charge in [0.25, 0.3) is 0 Å². The Morgan fingerprint density at radius 2 is 1.65 bits per heavy atom. The highest BCUT2D eigenvalue weighted by molar-refractivity contribution is 5.82. The van der Waals surface area contributed by atoms with Gasteiger partial charge in [0.1, 0.15) is 5.60 Å². The molecule has 3 aromatic rings. The minimum atomic E-state index is -0.716. The highest BCUT2D eigenvalue weighted by atomic mass is 16.8. The Hall–Kier alpha value is -3.42. The molecular formula is C30H35NO6. The molecule has 37 heavy (non-hydrogen) atoms. The Kier molecular flexibility index (Phi) is 8.46. The van der Waals surface area contributed by atoms with Crippen molar-refractivity contribution in [3.63, 3.8) is 0 Å². The van der Waals surface area contributed by atoms with Crippen molar-refractivity contribution in [1.29, 1.82) is 0 Å². The topological polar surface area (TPSA) is 74.3 Å². The molecule has 7 heteroatoms. The molecule has 0 aromatic heterocycles. The van der Waals surface area contributed by atoms with Crippen molar-refractivity contribution in [2.45, 2.75) is 57.8 Å². The molecule has 1 aliphatic rings. The Labute approximate surface area is 218 Å². The van der Waals surface area contributed by atoms with E-state index in [0.29, 0.717) is 19.7 Å². The molecule has 0 saturated carbocycles. The lowest BCUT2D eigenvalue weighted by Crippen LogP contribution is -2.45. The van der Waals surface area contributed by atoms with Crippen molar-refractivity contribution in [1.82, 2.24) is 5.06 Å². The Balaban J connectivity index is 1.48. The van der Waals surface area contributed by atoms with Gasteiger partial charge in [-0.3, -0.25) is 4.79 Å². The predicted octanol–water partition coefficient (Wildman–Crippen LogP) is 5.80. The summed E-state index contributed by atoms with van der Waals surface area (Å²) in [5.74, 6) is -0.164. The Morgan fingerprint density at radius 3 is 2.35 bits per heavy atom. The number of rotatable bonds is 7. The molecule has 3 aromatic carbocycles. The number of carbonyl (C=O) groups is 2. The molecule has 1 aliphatic heterocycles. The van der Waals surface area contributed by atoms with Crippen molar-refractivity contribution >= 4 is 22.9 Å². The fourth-order valence-electron chi connectivity index (χ4n) is 4.55. The summed E-state index contributed by atoms with van der Waals surface area (Å²) in [4.78, 5) is 29.4. The maximum absolute atomic E-state index is 12.3. The first kappa shape index (κ1) is 26.6. The van der Waals surface area contributed by atoms with Crippen molar-refractivity contribution in [2.24, 2.45) is 0 Å². The van der Waals surface area contributed by atoms with Crippen LogP contribution in [-0.4, -0.2) is 49.1 Å². The molecule has 2 unspecified atom stereocenters. The van der Waals surface area contributed by atoms with Crippen LogP contribution in [0.2, 0.25) is 0 Å². The zero-order chi connectivity index (χ0) is 26.4. The van der Waals surface area contributed by atoms with Gasteiger partial charge in [0.2, 0.25) is 0 Å². The van der Waals surface area contributed by atoms with E-state index in [9.17, 15) is 9.59 Å². The molecule has 0 spiro atoms. The van der Waals surface area contributed by atoms with E-state index in [1.807, 2.05) is 36.4 Å². The first-order chi connectivity index (χ1) is 17.7. The number of hydrogen-bond donors (Lipinski definition) is 0. The average Bonchev–Trinajstić information content (AvgIpc) is 2.87. The number of nitrogens with zero attached hydrogens (tertiary/aromatic N) is 1. The van der Waals surface area contributed by atoms with Crippen molar-refractivity contribution in [2.75, 3.05) is 20.2 Å². The number of hydroxylamine groups is 2. The van der Waals surface area contributed by atoms with Gasteiger partial charge in [-0.1, -0.05) is 60.7 Å². The SMILES string of the molecule is COC(=O)Cc1ccc(C2CCN(OC(=O)OC(C)(C)C)CC2OCc2ccc3ccccc3c2)cc1. The number of piperidine rings is 1. The van der Waals surface area contributed by atoms with Crippen molar-refractivity contribution in [3.8, 4) is 0 Å². The lowest BCUT2D eigenvalue weighted by atomic mass is 9.87. The molecule has 196 valence electrons. The van der Waals surface area contributed by atoms with E-state index in [1.54, 1.807) is 25.8 Å². The predicted molar refractivity (Wildman–Crippen MR) is 141 cm³/mol. The third kappa shape index (κ3) is 7.54. The number of esters is 1. The van der Waals surface area contributed by atoms with E-state index in [1.165, 1.54) is 17.9 Å². The quantitative estimate of drug-likeness (QED) is 0.376. The largest absolute Gasteiger partial charge is 0.528 e. The van der Waals surface area contributed by atoms with Crippen LogP contribution >= 0.6 is 0 Å². The number of benzene rings is 3. The summed E-state index contributed by atoms with van der Waals surface area (Å²) in [5, 5.41) is 3.98. The summed E-state index contributed by atoms with van der Waals surface area (Å²) < 4.78 is 16.6. The van der Waals surface area contributed by atoms with Gasteiger partial charge in [-0.2, -0.15) is 0 Å². The molecule has 1 heterocycles. The van der Waals surface area contributed by atoms with Crippen LogP contribution in [0.3, 0.4) is 0 Å². The monoisotopic (exact) mass is 505 g/mol. The van der Waals surface area contributed by atoms with Crippen molar-refractivity contribution in [3.05, 3.63) is 83.4 Å². The van der Waals surface area contributed by atoms with Crippen molar-refractivity contribution < 1.29 is 28.6 Å². The minimum Gasteiger partial charge on any atom is -0.469 e. The summed E-state index contributed by atoms with van der Waals surface area (Å²) in [7, 11) is 1.39. The maximum Gasteiger partial charge on any atom is 0.528 e. The second-order valence-electron chi connectivity index (χ2n) is 10.4. The smallest absolute Gasteiger partial charge is 0.469 e. The molecule has 0 N–H and O–H groups in total. The molecule has 1 saturated heterocycles. The van der Waals surface area contributed by atoms with E-state index in [0.717, 1.165) is 23.1 Å². The number of carbonyl (C=O) groups excluding carboxylic acids is 2. The van der Waals surface area contributed by atoms with Gasteiger partial charge in [-0.05, 0) is 60.7 Å². The highest BCUT2D eigenvalue weighted by Gasteiger charge is 2.34. The second kappa shape index (κ2) is 11.8. The van der Waals surface area contributed by atoms with E-state index in [4.69, 9.17) is 19.0 Å². The standard InChI is InChI=1S/C30H35NO6/c1-30(2,3)36-29(33)37-31-16-15-26(24-13-9-21(10-14-24)18-28(32)34-4)27(19-31)35-20-22-11-12-23-7-5-6-8-25(23)17-22/h5-14,17,26-27H,15-16,18-20H2,1-4H3. The molecule has 2 atom stereocenters.